The minimum atomic E-state index is 0.591. The van der Waals surface area contributed by atoms with Crippen LogP contribution in [0.4, 0.5) is 17.1 Å². The van der Waals surface area contributed by atoms with Gasteiger partial charge in [-0.05, 0) is 76.5 Å². The number of nitrogens with zero attached hydrogens (tertiary/aromatic N) is 4. The fraction of sp³-hybridized carbons (Fsp3) is 0. The zero-order valence-electron chi connectivity index (χ0n) is 28.8. The van der Waals surface area contributed by atoms with Crippen LogP contribution in [-0.4, -0.2) is 14.5 Å². The van der Waals surface area contributed by atoms with E-state index >= 15 is 0 Å². The second-order valence-corrected chi connectivity index (χ2v) is 13.1. The van der Waals surface area contributed by atoms with Gasteiger partial charge in [0.1, 0.15) is 0 Å². The van der Waals surface area contributed by atoms with Crippen molar-refractivity contribution in [2.24, 2.45) is 0 Å². The molecule has 3 heterocycles. The van der Waals surface area contributed by atoms with Gasteiger partial charge in [0.25, 0.3) is 0 Å². The van der Waals surface area contributed by atoms with Crippen LogP contribution in [0.5, 0.6) is 11.5 Å². The molecule has 5 nitrogen and oxygen atoms in total. The molecule has 9 aromatic rings. The number of hydrogen-bond donors (Lipinski definition) is 0. The zero-order valence-corrected chi connectivity index (χ0v) is 28.8. The van der Waals surface area contributed by atoms with E-state index in [2.05, 4.69) is 138 Å². The van der Waals surface area contributed by atoms with E-state index in [9.17, 15) is 0 Å². The van der Waals surface area contributed by atoms with E-state index in [1.807, 2.05) is 48.6 Å². The van der Waals surface area contributed by atoms with Crippen molar-refractivity contribution in [3.8, 4) is 28.6 Å². The summed E-state index contributed by atoms with van der Waals surface area (Å²) in [4.78, 5) is 12.8. The third-order valence-electron chi connectivity index (χ3n) is 10.1. The highest BCUT2D eigenvalue weighted by Gasteiger charge is 2.27. The van der Waals surface area contributed by atoms with Gasteiger partial charge in [0.05, 0.1) is 33.6 Å². The molecule has 53 heavy (non-hydrogen) atoms. The average Bonchev–Trinajstić information content (AvgIpc) is 3.57. The summed E-state index contributed by atoms with van der Waals surface area (Å²) in [7, 11) is 0. The number of anilines is 3. The van der Waals surface area contributed by atoms with Gasteiger partial charge in [0.15, 0.2) is 11.5 Å². The van der Waals surface area contributed by atoms with Crippen molar-refractivity contribution in [1.82, 2.24) is 14.5 Å². The van der Waals surface area contributed by atoms with Crippen molar-refractivity contribution in [1.29, 1.82) is 0 Å². The summed E-state index contributed by atoms with van der Waals surface area (Å²) in [5.74, 6) is 2.22. The Bertz CT molecular complexity index is 2970. The Morgan fingerprint density at radius 3 is 2.23 bits per heavy atom. The average molecular weight is 681 g/mol. The second kappa shape index (κ2) is 12.2. The number of aromatic nitrogens is 3. The number of fused-ring (bicyclic) bond motifs is 8. The molecular formula is C48H32N4O. The molecule has 0 atom stereocenters. The summed E-state index contributed by atoms with van der Waals surface area (Å²) in [6, 6.07) is 52.8. The number of hydrogen-bond acceptors (Lipinski definition) is 4. The monoisotopic (exact) mass is 680 g/mol. The van der Waals surface area contributed by atoms with Crippen LogP contribution < -0.4 is 9.64 Å². The molecule has 0 spiro atoms. The zero-order chi connectivity index (χ0) is 35.5. The molecule has 250 valence electrons. The van der Waals surface area contributed by atoms with Crippen molar-refractivity contribution < 1.29 is 4.74 Å². The Labute approximate surface area is 306 Å². The minimum absolute atomic E-state index is 0.591. The van der Waals surface area contributed by atoms with Gasteiger partial charge in [-0.3, -0.25) is 4.57 Å². The molecule has 7 aromatic carbocycles. The molecule has 2 aromatic heterocycles. The quantitative estimate of drug-likeness (QED) is 0.164. The highest BCUT2D eigenvalue weighted by atomic mass is 16.5. The van der Waals surface area contributed by atoms with Crippen LogP contribution in [0.25, 0.3) is 66.1 Å². The predicted molar refractivity (Wildman–Crippen MR) is 220 cm³/mol. The lowest BCUT2D eigenvalue weighted by Crippen LogP contribution is -2.15. The molecule has 1 aliphatic heterocycles. The molecule has 0 amide bonds. The highest BCUT2D eigenvalue weighted by Crippen LogP contribution is 2.52. The molecule has 0 N–H and O–H groups in total. The molecule has 1 aliphatic rings. The Morgan fingerprint density at radius 1 is 0.604 bits per heavy atom. The van der Waals surface area contributed by atoms with Crippen LogP contribution in [0.15, 0.2) is 183 Å². The van der Waals surface area contributed by atoms with Gasteiger partial charge in [-0.15, -0.1) is 0 Å². The van der Waals surface area contributed by atoms with Crippen LogP contribution in [0.3, 0.4) is 0 Å². The first-order chi connectivity index (χ1) is 26.2. The molecule has 0 saturated heterocycles. The smallest absolute Gasteiger partial charge is 0.235 e. The maximum atomic E-state index is 6.51. The summed E-state index contributed by atoms with van der Waals surface area (Å²) in [6.07, 6.45) is 5.54. The van der Waals surface area contributed by atoms with E-state index < -0.39 is 0 Å². The summed E-state index contributed by atoms with van der Waals surface area (Å²) in [5.41, 5.74) is 9.82. The van der Waals surface area contributed by atoms with Crippen LogP contribution in [0.1, 0.15) is 5.69 Å². The molecule has 0 unspecified atom stereocenters. The van der Waals surface area contributed by atoms with Gasteiger partial charge in [0.2, 0.25) is 5.95 Å². The fourth-order valence-electron chi connectivity index (χ4n) is 7.82. The molecule has 0 fully saturated rings. The molecule has 0 bridgehead atoms. The fourth-order valence-corrected chi connectivity index (χ4v) is 7.82. The first-order valence-electron chi connectivity index (χ1n) is 17.7. The van der Waals surface area contributed by atoms with Crippen molar-refractivity contribution in [3.63, 3.8) is 0 Å². The van der Waals surface area contributed by atoms with E-state index in [4.69, 9.17) is 14.7 Å². The normalized spacial score (nSPS) is 12.5. The van der Waals surface area contributed by atoms with Gasteiger partial charge < -0.3 is 9.64 Å². The van der Waals surface area contributed by atoms with Gasteiger partial charge in [-0.25, -0.2) is 9.97 Å². The van der Waals surface area contributed by atoms with Crippen molar-refractivity contribution >= 4 is 66.1 Å². The number of rotatable bonds is 6. The minimum Gasteiger partial charge on any atom is -0.453 e. The first kappa shape index (κ1) is 30.6. The lowest BCUT2D eigenvalue weighted by Gasteiger charge is -2.33. The third-order valence-corrected chi connectivity index (χ3v) is 10.1. The van der Waals surface area contributed by atoms with Crippen LogP contribution >= 0.6 is 0 Å². The summed E-state index contributed by atoms with van der Waals surface area (Å²) in [5, 5.41) is 5.57. The van der Waals surface area contributed by atoms with E-state index in [1.165, 1.54) is 10.8 Å². The van der Waals surface area contributed by atoms with Crippen LogP contribution in [0, 0.1) is 0 Å². The van der Waals surface area contributed by atoms with E-state index in [0.29, 0.717) is 5.95 Å². The Hall–Kier alpha value is -7.24. The Balaban J connectivity index is 1.27. The van der Waals surface area contributed by atoms with Crippen LogP contribution in [0.2, 0.25) is 0 Å². The van der Waals surface area contributed by atoms with E-state index in [1.54, 1.807) is 6.08 Å². The molecule has 5 heteroatoms. The van der Waals surface area contributed by atoms with E-state index in [-0.39, 0.29) is 0 Å². The van der Waals surface area contributed by atoms with Gasteiger partial charge in [-0.1, -0.05) is 128 Å². The first-order valence-corrected chi connectivity index (χ1v) is 17.7. The molecule has 0 radical (unpaired) electrons. The molecule has 0 saturated carbocycles. The maximum absolute atomic E-state index is 6.51. The molecule has 10 rings (SSSR count). The lowest BCUT2D eigenvalue weighted by atomic mass is 9.96. The summed E-state index contributed by atoms with van der Waals surface area (Å²) < 4.78 is 8.72. The van der Waals surface area contributed by atoms with E-state index in [0.717, 1.165) is 83.7 Å². The predicted octanol–water partition coefficient (Wildman–Crippen LogP) is 12.9. The Kier molecular flexibility index (Phi) is 7.05. The largest absolute Gasteiger partial charge is 0.453 e. The topological polar surface area (TPSA) is 43.2 Å². The van der Waals surface area contributed by atoms with Crippen LogP contribution in [-0.2, 0) is 0 Å². The maximum Gasteiger partial charge on any atom is 0.235 e. The van der Waals surface area contributed by atoms with Gasteiger partial charge in [0, 0.05) is 27.4 Å². The number of ether oxygens (including phenoxy) is 1. The molecule has 0 aliphatic carbocycles. The van der Waals surface area contributed by atoms with Crippen molar-refractivity contribution in [2.45, 2.75) is 0 Å². The standard InChI is InChI=1S/C48H32N4O/c1-3-15-31(4-2)47-37-20-10-11-22-38(37)49-48(50-47)52-40-24-14-21-36(46(40)45-35-19-9-8-16-32(35)26-28-41(45)52)33-27-29-44-42(30-33)51(34-17-6-5-7-18-34)39-23-12-13-25-43(39)53-44/h3-30H,1-2H2/b31-15+. The van der Waals surface area contributed by atoms with Crippen molar-refractivity contribution in [3.05, 3.63) is 189 Å². The third kappa shape index (κ3) is 4.79. The highest BCUT2D eigenvalue weighted by molar-refractivity contribution is 6.25. The summed E-state index contributed by atoms with van der Waals surface area (Å²) in [6.45, 7) is 8.06. The number of para-hydroxylation sites is 4. The van der Waals surface area contributed by atoms with Gasteiger partial charge in [-0.2, -0.15) is 0 Å². The summed E-state index contributed by atoms with van der Waals surface area (Å²) >= 11 is 0. The second-order valence-electron chi connectivity index (χ2n) is 13.1. The molecular weight excluding hydrogens is 649 g/mol. The number of allylic oxidation sites excluding steroid dienone is 4. The van der Waals surface area contributed by atoms with Gasteiger partial charge >= 0.3 is 0 Å². The Morgan fingerprint density at radius 2 is 1.36 bits per heavy atom. The lowest BCUT2D eigenvalue weighted by molar-refractivity contribution is 0.477. The SMILES string of the molecule is C=C/C=C(\C=C)c1nc(-n2c3cccc(-c4ccc5c(c4)N(c4ccccc4)c4ccccc4O5)c3c3c4ccccc4ccc32)nc2ccccc12. The number of benzene rings is 7. The van der Waals surface area contributed by atoms with Crippen molar-refractivity contribution in [2.75, 3.05) is 4.90 Å².